The topological polar surface area (TPSA) is 117 Å². The summed E-state index contributed by atoms with van der Waals surface area (Å²) in [6, 6.07) is 8.48. The first kappa shape index (κ1) is 18.4. The van der Waals surface area contributed by atoms with Gasteiger partial charge in [0.25, 0.3) is 15.9 Å². The Kier molecular flexibility index (Phi) is 4.73. The molecule has 0 aliphatic carbocycles. The highest BCUT2D eigenvalue weighted by Crippen LogP contribution is 2.17. The van der Waals surface area contributed by atoms with Crippen molar-refractivity contribution in [3.63, 3.8) is 0 Å². The van der Waals surface area contributed by atoms with Crippen molar-refractivity contribution >= 4 is 26.9 Å². The van der Waals surface area contributed by atoms with Gasteiger partial charge in [0.2, 0.25) is 0 Å². The summed E-state index contributed by atoms with van der Waals surface area (Å²) in [5.74, 6) is -0.458. The highest BCUT2D eigenvalue weighted by Gasteiger charge is 2.30. The van der Waals surface area contributed by atoms with Gasteiger partial charge in [-0.15, -0.1) is 0 Å². The molecule has 9 nitrogen and oxygen atoms in total. The van der Waals surface area contributed by atoms with Crippen LogP contribution in [-0.4, -0.2) is 59.7 Å². The number of H-pyrrole nitrogens is 1. The number of amides is 1. The monoisotopic (exact) mass is 402 g/mol. The number of carbonyl (C=O) groups is 1. The molecule has 28 heavy (non-hydrogen) atoms. The average molecular weight is 402 g/mol. The molecule has 0 spiro atoms. The van der Waals surface area contributed by atoms with Crippen LogP contribution in [0.4, 0.5) is 0 Å². The van der Waals surface area contributed by atoms with Gasteiger partial charge in [0.1, 0.15) is 11.1 Å². The molecule has 0 radical (unpaired) electrons. The van der Waals surface area contributed by atoms with Gasteiger partial charge in [0.05, 0.1) is 12.5 Å². The van der Waals surface area contributed by atoms with Gasteiger partial charge >= 0.3 is 5.63 Å². The molecule has 1 fully saturated rings. The zero-order chi connectivity index (χ0) is 19.7. The third-order valence-electron chi connectivity index (χ3n) is 4.70. The Bertz CT molecular complexity index is 1170. The minimum atomic E-state index is -3.70. The van der Waals surface area contributed by atoms with Crippen LogP contribution >= 0.6 is 0 Å². The van der Waals surface area contributed by atoms with E-state index in [1.165, 1.54) is 27.8 Å². The second-order valence-corrected chi connectivity index (χ2v) is 8.36. The van der Waals surface area contributed by atoms with Crippen LogP contribution in [0.2, 0.25) is 0 Å². The molecule has 0 atom stereocenters. The van der Waals surface area contributed by atoms with Gasteiger partial charge in [-0.25, -0.2) is 18.2 Å². The minimum Gasteiger partial charge on any atom is -0.422 e. The van der Waals surface area contributed by atoms with Crippen molar-refractivity contribution in [3.05, 3.63) is 58.8 Å². The first-order valence-electron chi connectivity index (χ1n) is 8.77. The molecule has 2 aromatic heterocycles. The standard InChI is InChI=1S/C18H18N4O5S/c23-17(14-10-13-4-1-2-5-15(13)27-18(14)24)21-6-3-7-22(9-8-21)28(25,26)16-11-19-12-20-16/h1-2,4-5,10-12H,3,6-9H2,(H,19,20). The van der Waals surface area contributed by atoms with Crippen molar-refractivity contribution in [2.75, 3.05) is 26.2 Å². The molecule has 0 bridgehead atoms. The van der Waals surface area contributed by atoms with Gasteiger partial charge in [-0.05, 0) is 18.6 Å². The van der Waals surface area contributed by atoms with Crippen LogP contribution in [0.3, 0.4) is 0 Å². The maximum absolute atomic E-state index is 12.9. The summed E-state index contributed by atoms with van der Waals surface area (Å²) in [6.07, 6.45) is 3.01. The maximum Gasteiger partial charge on any atom is 0.349 e. The minimum absolute atomic E-state index is 0.0162. The summed E-state index contributed by atoms with van der Waals surface area (Å²) in [7, 11) is -3.70. The first-order chi connectivity index (χ1) is 13.5. The molecule has 10 heteroatoms. The third-order valence-corrected chi connectivity index (χ3v) is 6.53. The van der Waals surface area contributed by atoms with Gasteiger partial charge in [-0.3, -0.25) is 4.79 Å². The Labute approximate surface area is 160 Å². The summed E-state index contributed by atoms with van der Waals surface area (Å²) in [5, 5.41) is 0.672. The van der Waals surface area contributed by atoms with Crippen LogP contribution in [0.5, 0.6) is 0 Å². The smallest absolute Gasteiger partial charge is 0.349 e. The Morgan fingerprint density at radius 3 is 2.75 bits per heavy atom. The first-order valence-corrected chi connectivity index (χ1v) is 10.2. The maximum atomic E-state index is 12.9. The van der Waals surface area contributed by atoms with E-state index in [1.807, 2.05) is 0 Å². The number of carbonyl (C=O) groups excluding carboxylic acids is 1. The van der Waals surface area contributed by atoms with E-state index in [0.29, 0.717) is 23.9 Å². The number of hydrogen-bond acceptors (Lipinski definition) is 6. The summed E-state index contributed by atoms with van der Waals surface area (Å²) in [4.78, 5) is 33.0. The van der Waals surface area contributed by atoms with E-state index in [1.54, 1.807) is 24.3 Å². The lowest BCUT2D eigenvalue weighted by Crippen LogP contribution is -2.38. The summed E-state index contributed by atoms with van der Waals surface area (Å²) < 4.78 is 31.8. The number of para-hydroxylation sites is 1. The molecule has 1 aliphatic heterocycles. The van der Waals surface area contributed by atoms with Gasteiger partial charge in [0.15, 0.2) is 5.03 Å². The SMILES string of the molecule is O=C(c1cc2ccccc2oc1=O)N1CCCN(S(=O)(=O)c2cnc[nH]2)CC1. The second-order valence-electron chi connectivity index (χ2n) is 6.45. The van der Waals surface area contributed by atoms with E-state index >= 15 is 0 Å². The quantitative estimate of drug-likeness (QED) is 0.655. The Morgan fingerprint density at radius 2 is 1.96 bits per heavy atom. The highest BCUT2D eigenvalue weighted by molar-refractivity contribution is 7.89. The molecule has 1 amide bonds. The van der Waals surface area contributed by atoms with E-state index in [2.05, 4.69) is 9.97 Å². The lowest BCUT2D eigenvalue weighted by Gasteiger charge is -2.21. The molecule has 0 saturated carbocycles. The number of benzene rings is 1. The van der Waals surface area contributed by atoms with Gasteiger partial charge in [-0.1, -0.05) is 18.2 Å². The summed E-state index contributed by atoms with van der Waals surface area (Å²) >= 11 is 0. The number of rotatable bonds is 3. The number of aromatic amines is 1. The number of nitrogens with zero attached hydrogens (tertiary/aromatic N) is 3. The van der Waals surface area contributed by atoms with Crippen LogP contribution in [0.25, 0.3) is 11.0 Å². The number of aromatic nitrogens is 2. The predicted molar refractivity (Wildman–Crippen MR) is 100 cm³/mol. The van der Waals surface area contributed by atoms with Crippen LogP contribution < -0.4 is 5.63 Å². The van der Waals surface area contributed by atoms with Crippen molar-refractivity contribution in [3.8, 4) is 0 Å². The molecule has 146 valence electrons. The fraction of sp³-hybridized carbons (Fsp3) is 0.278. The number of fused-ring (bicyclic) bond motifs is 1. The van der Waals surface area contributed by atoms with Crippen LogP contribution in [0, 0.1) is 0 Å². The molecular weight excluding hydrogens is 384 g/mol. The number of imidazole rings is 1. The Balaban J connectivity index is 1.56. The van der Waals surface area contributed by atoms with E-state index in [4.69, 9.17) is 4.42 Å². The molecule has 3 heterocycles. The van der Waals surface area contributed by atoms with E-state index < -0.39 is 21.6 Å². The highest BCUT2D eigenvalue weighted by atomic mass is 32.2. The molecule has 3 aromatic rings. The Morgan fingerprint density at radius 1 is 1.14 bits per heavy atom. The number of hydrogen-bond donors (Lipinski definition) is 1. The second kappa shape index (κ2) is 7.21. The molecule has 0 unspecified atom stereocenters. The molecule has 1 N–H and O–H groups in total. The van der Waals surface area contributed by atoms with Crippen LogP contribution in [-0.2, 0) is 10.0 Å². The number of nitrogens with one attached hydrogen (secondary N) is 1. The fourth-order valence-corrected chi connectivity index (χ4v) is 4.61. The largest absolute Gasteiger partial charge is 0.422 e. The van der Waals surface area contributed by atoms with E-state index in [0.717, 1.165) is 0 Å². The summed E-state index contributed by atoms with van der Waals surface area (Å²) in [6.45, 7) is 0.933. The zero-order valence-electron chi connectivity index (χ0n) is 14.9. The van der Waals surface area contributed by atoms with Gasteiger partial charge < -0.3 is 14.3 Å². The third kappa shape index (κ3) is 3.32. The van der Waals surface area contributed by atoms with Gasteiger partial charge in [0, 0.05) is 31.6 Å². The predicted octanol–water partition coefficient (Wildman–Crippen LogP) is 1.05. The fourth-order valence-electron chi connectivity index (χ4n) is 3.24. The molecule has 1 saturated heterocycles. The molecule has 4 rings (SSSR count). The molecule has 1 aromatic carbocycles. The average Bonchev–Trinajstić information content (AvgIpc) is 3.12. The lowest BCUT2D eigenvalue weighted by molar-refractivity contribution is 0.0760. The normalized spacial score (nSPS) is 16.2. The van der Waals surface area contributed by atoms with Gasteiger partial charge in [-0.2, -0.15) is 4.31 Å². The molecular formula is C18H18N4O5S. The van der Waals surface area contributed by atoms with E-state index in [-0.39, 0.29) is 30.2 Å². The lowest BCUT2D eigenvalue weighted by atomic mass is 10.1. The van der Waals surface area contributed by atoms with Crippen molar-refractivity contribution in [1.82, 2.24) is 19.2 Å². The van der Waals surface area contributed by atoms with E-state index in [9.17, 15) is 18.0 Å². The van der Waals surface area contributed by atoms with Crippen molar-refractivity contribution < 1.29 is 17.6 Å². The van der Waals surface area contributed by atoms with Crippen molar-refractivity contribution in [2.45, 2.75) is 11.4 Å². The van der Waals surface area contributed by atoms with Crippen LogP contribution in [0.15, 0.2) is 57.1 Å². The zero-order valence-corrected chi connectivity index (χ0v) is 15.7. The Hall–Kier alpha value is -2.98. The van der Waals surface area contributed by atoms with Crippen molar-refractivity contribution in [1.29, 1.82) is 0 Å². The number of sulfonamides is 1. The molecule has 1 aliphatic rings. The summed E-state index contributed by atoms with van der Waals surface area (Å²) in [5.41, 5.74) is -0.338. The van der Waals surface area contributed by atoms with Crippen molar-refractivity contribution in [2.24, 2.45) is 0 Å². The van der Waals surface area contributed by atoms with Crippen LogP contribution in [0.1, 0.15) is 16.8 Å².